The fourth-order valence-electron chi connectivity index (χ4n) is 2.52. The molecule has 5 heteroatoms. The Balaban J connectivity index is 0.00000106. The van der Waals surface area contributed by atoms with Gasteiger partial charge in [-0.05, 0) is 49.4 Å². The number of halogens is 3. The quantitative estimate of drug-likeness (QED) is 0.898. The van der Waals surface area contributed by atoms with Crippen LogP contribution in [-0.4, -0.2) is 24.8 Å². The zero-order valence-electron chi connectivity index (χ0n) is 12.7. The van der Waals surface area contributed by atoms with Crippen LogP contribution in [0.2, 0.25) is 0 Å². The molecule has 21 heavy (non-hydrogen) atoms. The maximum absolute atomic E-state index is 12.5. The second kappa shape index (κ2) is 8.27. The largest absolute Gasteiger partial charge is 0.416 e. The molecule has 1 heterocycles. The third kappa shape index (κ3) is 5.23. The molecule has 1 aliphatic rings. The molecule has 2 nitrogen and oxygen atoms in total. The molecule has 1 aliphatic heterocycles. The number of alkyl halides is 3. The summed E-state index contributed by atoms with van der Waals surface area (Å²) in [5.41, 5.74) is 0.238. The first-order valence-electron chi connectivity index (χ1n) is 7.54. The predicted molar refractivity (Wildman–Crippen MR) is 79.4 cm³/mol. The molecule has 0 aromatic heterocycles. The molecule has 0 amide bonds. The van der Waals surface area contributed by atoms with Crippen LogP contribution in [0, 0.1) is 5.92 Å². The standard InChI is InChI=1S/C14H18F3NO.C2H6/c15-14(16,17)12-1-3-13(4-2-12)18-8-5-11(6-9-18)7-10-19;1-2/h1-4,11,19H,5-10H2;1-2H3. The second-order valence-corrected chi connectivity index (χ2v) is 4.99. The molecule has 1 aromatic rings. The lowest BCUT2D eigenvalue weighted by molar-refractivity contribution is -0.137. The van der Waals surface area contributed by atoms with E-state index in [9.17, 15) is 13.2 Å². The van der Waals surface area contributed by atoms with Gasteiger partial charge in [0.1, 0.15) is 0 Å². The molecule has 1 saturated heterocycles. The number of rotatable bonds is 3. The molecular weight excluding hydrogens is 279 g/mol. The van der Waals surface area contributed by atoms with Crippen LogP contribution in [0.3, 0.4) is 0 Å². The van der Waals surface area contributed by atoms with E-state index in [4.69, 9.17) is 5.11 Å². The van der Waals surface area contributed by atoms with E-state index in [0.29, 0.717) is 5.92 Å². The molecule has 1 N–H and O–H groups in total. The lowest BCUT2D eigenvalue weighted by atomic mass is 9.93. The van der Waals surface area contributed by atoms with Gasteiger partial charge in [0.15, 0.2) is 0 Å². The van der Waals surface area contributed by atoms with Gasteiger partial charge >= 0.3 is 6.18 Å². The van der Waals surface area contributed by atoms with Crippen LogP contribution in [-0.2, 0) is 6.18 Å². The number of anilines is 1. The number of aliphatic hydroxyl groups is 1. The van der Waals surface area contributed by atoms with E-state index in [0.717, 1.165) is 50.2 Å². The molecule has 0 saturated carbocycles. The Morgan fingerprint density at radius 2 is 1.62 bits per heavy atom. The van der Waals surface area contributed by atoms with Crippen molar-refractivity contribution in [2.24, 2.45) is 5.92 Å². The van der Waals surface area contributed by atoms with Crippen molar-refractivity contribution in [1.82, 2.24) is 0 Å². The highest BCUT2D eigenvalue weighted by molar-refractivity contribution is 5.48. The van der Waals surface area contributed by atoms with E-state index in [1.54, 1.807) is 0 Å². The zero-order chi connectivity index (χ0) is 15.9. The van der Waals surface area contributed by atoms with Crippen molar-refractivity contribution in [3.05, 3.63) is 29.8 Å². The molecular formula is C16H24F3NO. The number of aliphatic hydroxyl groups excluding tert-OH is 1. The summed E-state index contributed by atoms with van der Waals surface area (Å²) in [4.78, 5) is 2.11. The Morgan fingerprint density at radius 3 is 2.05 bits per heavy atom. The van der Waals surface area contributed by atoms with Gasteiger partial charge in [-0.25, -0.2) is 0 Å². The van der Waals surface area contributed by atoms with Crippen molar-refractivity contribution >= 4 is 5.69 Å². The van der Waals surface area contributed by atoms with E-state index in [2.05, 4.69) is 4.90 Å². The Morgan fingerprint density at radius 1 is 1.10 bits per heavy atom. The first kappa shape index (κ1) is 17.8. The average molecular weight is 303 g/mol. The van der Waals surface area contributed by atoms with Gasteiger partial charge in [0.2, 0.25) is 0 Å². The summed E-state index contributed by atoms with van der Waals surface area (Å²) in [6.45, 7) is 5.90. The van der Waals surface area contributed by atoms with Crippen molar-refractivity contribution in [2.75, 3.05) is 24.6 Å². The Labute approximate surface area is 124 Å². The summed E-state index contributed by atoms with van der Waals surface area (Å²) < 4.78 is 37.4. The minimum Gasteiger partial charge on any atom is -0.396 e. The lowest BCUT2D eigenvalue weighted by Crippen LogP contribution is -2.33. The van der Waals surface area contributed by atoms with Crippen molar-refractivity contribution < 1.29 is 18.3 Å². The van der Waals surface area contributed by atoms with Crippen molar-refractivity contribution in [2.45, 2.75) is 39.3 Å². The summed E-state index contributed by atoms with van der Waals surface area (Å²) in [5.74, 6) is 0.538. The average Bonchev–Trinajstić information content (AvgIpc) is 2.50. The monoisotopic (exact) mass is 303 g/mol. The molecule has 0 aliphatic carbocycles. The van der Waals surface area contributed by atoms with Crippen LogP contribution in [0.5, 0.6) is 0 Å². The SMILES string of the molecule is CC.OCCC1CCN(c2ccc(C(F)(F)F)cc2)CC1. The normalized spacial score (nSPS) is 16.4. The van der Waals surface area contributed by atoms with Gasteiger partial charge in [-0.3, -0.25) is 0 Å². The van der Waals surface area contributed by atoms with Gasteiger partial charge < -0.3 is 10.0 Å². The highest BCUT2D eigenvalue weighted by Crippen LogP contribution is 2.31. The fraction of sp³-hybridized carbons (Fsp3) is 0.625. The predicted octanol–water partition coefficient (Wildman–Crippen LogP) is 4.33. The van der Waals surface area contributed by atoms with Gasteiger partial charge in [0, 0.05) is 25.4 Å². The third-order valence-corrected chi connectivity index (χ3v) is 3.71. The van der Waals surface area contributed by atoms with Gasteiger partial charge in [0.25, 0.3) is 0 Å². The molecule has 0 atom stereocenters. The van der Waals surface area contributed by atoms with Crippen LogP contribution < -0.4 is 4.90 Å². The fourth-order valence-corrected chi connectivity index (χ4v) is 2.52. The molecule has 0 radical (unpaired) electrons. The van der Waals surface area contributed by atoms with Crippen molar-refractivity contribution in [3.63, 3.8) is 0 Å². The summed E-state index contributed by atoms with van der Waals surface area (Å²) in [5, 5.41) is 8.89. The third-order valence-electron chi connectivity index (χ3n) is 3.71. The maximum atomic E-state index is 12.5. The summed E-state index contributed by atoms with van der Waals surface area (Å²) in [6.07, 6.45) is -1.48. The van der Waals surface area contributed by atoms with E-state index < -0.39 is 11.7 Å². The highest BCUT2D eigenvalue weighted by Gasteiger charge is 2.30. The van der Waals surface area contributed by atoms with Crippen LogP contribution in [0.4, 0.5) is 18.9 Å². The first-order valence-corrected chi connectivity index (χ1v) is 7.54. The van der Waals surface area contributed by atoms with Gasteiger partial charge in [-0.1, -0.05) is 13.8 Å². The summed E-state index contributed by atoms with van der Waals surface area (Å²) in [7, 11) is 0. The van der Waals surface area contributed by atoms with Crippen molar-refractivity contribution in [1.29, 1.82) is 0 Å². The molecule has 1 aromatic carbocycles. The zero-order valence-corrected chi connectivity index (χ0v) is 12.7. The number of benzene rings is 1. The minimum absolute atomic E-state index is 0.213. The molecule has 2 rings (SSSR count). The van der Waals surface area contributed by atoms with Crippen molar-refractivity contribution in [3.8, 4) is 0 Å². The Kier molecular flexibility index (Phi) is 7.02. The van der Waals surface area contributed by atoms with E-state index in [1.807, 2.05) is 13.8 Å². The number of nitrogens with zero attached hydrogens (tertiary/aromatic N) is 1. The molecule has 0 spiro atoms. The second-order valence-electron chi connectivity index (χ2n) is 4.99. The number of hydrogen-bond donors (Lipinski definition) is 1. The van der Waals surface area contributed by atoms with Crippen LogP contribution in [0.15, 0.2) is 24.3 Å². The van der Waals surface area contributed by atoms with E-state index in [-0.39, 0.29) is 6.61 Å². The molecule has 120 valence electrons. The topological polar surface area (TPSA) is 23.5 Å². The Bertz CT molecular complexity index is 395. The van der Waals surface area contributed by atoms with E-state index >= 15 is 0 Å². The smallest absolute Gasteiger partial charge is 0.396 e. The number of piperidine rings is 1. The summed E-state index contributed by atoms with van der Waals surface area (Å²) >= 11 is 0. The van der Waals surface area contributed by atoms with Crippen LogP contribution >= 0.6 is 0 Å². The van der Waals surface area contributed by atoms with Crippen LogP contribution in [0.1, 0.15) is 38.7 Å². The van der Waals surface area contributed by atoms with Gasteiger partial charge in [-0.15, -0.1) is 0 Å². The maximum Gasteiger partial charge on any atom is 0.416 e. The molecule has 0 unspecified atom stereocenters. The van der Waals surface area contributed by atoms with Gasteiger partial charge in [-0.2, -0.15) is 13.2 Å². The minimum atomic E-state index is -4.27. The number of hydrogen-bond acceptors (Lipinski definition) is 2. The van der Waals surface area contributed by atoms with Crippen LogP contribution in [0.25, 0.3) is 0 Å². The molecule has 0 bridgehead atoms. The molecule has 1 fully saturated rings. The van der Waals surface area contributed by atoms with E-state index in [1.165, 1.54) is 12.1 Å². The first-order chi connectivity index (χ1) is 10.0. The lowest BCUT2D eigenvalue weighted by Gasteiger charge is -2.33. The Hall–Kier alpha value is -1.23. The summed E-state index contributed by atoms with van der Waals surface area (Å²) in [6, 6.07) is 5.34. The highest BCUT2D eigenvalue weighted by atomic mass is 19.4. The van der Waals surface area contributed by atoms with Gasteiger partial charge in [0.05, 0.1) is 5.56 Å².